The molecule has 108 valence electrons. The Bertz CT molecular complexity index is 502. The van der Waals surface area contributed by atoms with Gasteiger partial charge in [0, 0.05) is 16.2 Å². The first kappa shape index (κ1) is 14.3. The van der Waals surface area contributed by atoms with Crippen LogP contribution in [0.2, 0.25) is 0 Å². The van der Waals surface area contributed by atoms with Crippen molar-refractivity contribution in [2.45, 2.75) is 38.3 Å². The number of benzene rings is 1. The zero-order valence-corrected chi connectivity index (χ0v) is 13.8. The Labute approximate surface area is 133 Å². The van der Waals surface area contributed by atoms with Crippen LogP contribution in [0, 0.1) is 15.4 Å². The van der Waals surface area contributed by atoms with E-state index in [0.717, 1.165) is 13.0 Å². The van der Waals surface area contributed by atoms with Crippen LogP contribution in [0.4, 0.5) is 0 Å². The van der Waals surface area contributed by atoms with Gasteiger partial charge in [0.25, 0.3) is 0 Å². The van der Waals surface area contributed by atoms with Gasteiger partial charge >= 0.3 is 5.97 Å². The van der Waals surface area contributed by atoms with Crippen LogP contribution in [-0.4, -0.2) is 28.6 Å². The first-order valence-electron chi connectivity index (χ1n) is 7.32. The van der Waals surface area contributed by atoms with Crippen LogP contribution in [0.3, 0.4) is 0 Å². The first-order chi connectivity index (χ1) is 9.58. The number of fused-ring (bicyclic) bond motifs is 1. The number of carboxylic acid groups (broad SMARTS) is 1. The first-order valence-corrected chi connectivity index (χ1v) is 8.40. The van der Waals surface area contributed by atoms with Crippen molar-refractivity contribution in [1.82, 2.24) is 4.90 Å². The van der Waals surface area contributed by atoms with Crippen molar-refractivity contribution in [3.05, 3.63) is 33.4 Å². The summed E-state index contributed by atoms with van der Waals surface area (Å²) in [6.45, 7) is 3.08. The topological polar surface area (TPSA) is 40.5 Å². The van der Waals surface area contributed by atoms with Crippen molar-refractivity contribution in [2.24, 2.45) is 11.8 Å². The smallest absolute Gasteiger partial charge is 0.321 e. The van der Waals surface area contributed by atoms with E-state index in [2.05, 4.69) is 58.7 Å². The molecule has 0 radical (unpaired) electrons. The summed E-state index contributed by atoms with van der Waals surface area (Å²) in [5.41, 5.74) is 1.22. The summed E-state index contributed by atoms with van der Waals surface area (Å²) >= 11 is 2.30. The minimum Gasteiger partial charge on any atom is -0.480 e. The fourth-order valence-electron chi connectivity index (χ4n) is 3.99. The molecule has 3 nitrogen and oxygen atoms in total. The molecule has 0 aromatic heterocycles. The molecule has 4 heteroatoms. The van der Waals surface area contributed by atoms with Gasteiger partial charge in [0.1, 0.15) is 6.04 Å². The van der Waals surface area contributed by atoms with Gasteiger partial charge in [-0.15, -0.1) is 0 Å². The van der Waals surface area contributed by atoms with E-state index in [-0.39, 0.29) is 12.1 Å². The van der Waals surface area contributed by atoms with Crippen LogP contribution in [0.1, 0.15) is 37.8 Å². The van der Waals surface area contributed by atoms with E-state index in [1.807, 2.05) is 0 Å². The fourth-order valence-corrected chi connectivity index (χ4v) is 4.35. The maximum absolute atomic E-state index is 11.7. The SMILES string of the molecule is CC(c1ccc(I)cc1)N1CC2CCCC2C1C(=O)O. The molecule has 1 aliphatic carbocycles. The number of carboxylic acids is 1. The molecular formula is C16H20INO2. The molecule has 1 heterocycles. The van der Waals surface area contributed by atoms with E-state index in [9.17, 15) is 9.90 Å². The number of nitrogens with zero attached hydrogens (tertiary/aromatic N) is 1. The molecule has 1 N–H and O–H groups in total. The van der Waals surface area contributed by atoms with E-state index < -0.39 is 5.97 Å². The number of hydrogen-bond acceptors (Lipinski definition) is 2. The van der Waals surface area contributed by atoms with Crippen LogP contribution in [0.5, 0.6) is 0 Å². The predicted molar refractivity (Wildman–Crippen MR) is 86.5 cm³/mol. The third-order valence-corrected chi connectivity index (χ3v) is 5.75. The molecule has 4 atom stereocenters. The van der Waals surface area contributed by atoms with Gasteiger partial charge in [0.15, 0.2) is 0 Å². The summed E-state index contributed by atoms with van der Waals surface area (Å²) in [5, 5.41) is 9.63. The molecule has 1 aromatic rings. The highest BCUT2D eigenvalue weighted by atomic mass is 127. The van der Waals surface area contributed by atoms with Gasteiger partial charge in [-0.05, 0) is 71.9 Å². The highest BCUT2D eigenvalue weighted by molar-refractivity contribution is 14.1. The third kappa shape index (κ3) is 2.48. The van der Waals surface area contributed by atoms with Crippen molar-refractivity contribution in [3.8, 4) is 0 Å². The van der Waals surface area contributed by atoms with Crippen LogP contribution in [-0.2, 0) is 4.79 Å². The van der Waals surface area contributed by atoms with Crippen molar-refractivity contribution < 1.29 is 9.90 Å². The second kappa shape index (κ2) is 5.64. The molecule has 4 unspecified atom stereocenters. The Hall–Kier alpha value is -0.620. The molecule has 0 spiro atoms. The lowest BCUT2D eigenvalue weighted by Gasteiger charge is -2.30. The average Bonchev–Trinajstić information content (AvgIpc) is 2.97. The molecular weight excluding hydrogens is 365 g/mol. The van der Waals surface area contributed by atoms with Gasteiger partial charge in [0.2, 0.25) is 0 Å². The second-order valence-electron chi connectivity index (χ2n) is 6.06. The summed E-state index contributed by atoms with van der Waals surface area (Å²) in [7, 11) is 0. The quantitative estimate of drug-likeness (QED) is 0.810. The Balaban J connectivity index is 1.84. The summed E-state index contributed by atoms with van der Waals surface area (Å²) in [5.74, 6) is 0.304. The normalized spacial score (nSPS) is 31.2. The van der Waals surface area contributed by atoms with E-state index in [1.54, 1.807) is 0 Å². The lowest BCUT2D eigenvalue weighted by molar-refractivity contribution is -0.144. The minimum absolute atomic E-state index is 0.179. The lowest BCUT2D eigenvalue weighted by Crippen LogP contribution is -2.41. The zero-order chi connectivity index (χ0) is 14.3. The number of carbonyl (C=O) groups is 1. The largest absolute Gasteiger partial charge is 0.480 e. The Morgan fingerprint density at radius 1 is 1.35 bits per heavy atom. The van der Waals surface area contributed by atoms with Gasteiger partial charge in [-0.1, -0.05) is 18.6 Å². The Kier molecular flexibility index (Phi) is 4.04. The van der Waals surface area contributed by atoms with Crippen molar-refractivity contribution in [2.75, 3.05) is 6.54 Å². The van der Waals surface area contributed by atoms with Crippen LogP contribution in [0.15, 0.2) is 24.3 Å². The molecule has 20 heavy (non-hydrogen) atoms. The van der Waals surface area contributed by atoms with Crippen LogP contribution >= 0.6 is 22.6 Å². The number of likely N-dealkylation sites (tertiary alicyclic amines) is 1. The van der Waals surface area contributed by atoms with Crippen molar-refractivity contribution in [3.63, 3.8) is 0 Å². The number of aliphatic carboxylic acids is 1. The molecule has 0 amide bonds. The van der Waals surface area contributed by atoms with Gasteiger partial charge in [-0.25, -0.2) is 0 Å². The van der Waals surface area contributed by atoms with Gasteiger partial charge in [0.05, 0.1) is 0 Å². The maximum Gasteiger partial charge on any atom is 0.321 e. The van der Waals surface area contributed by atoms with Gasteiger partial charge in [-0.3, -0.25) is 9.69 Å². The molecule has 1 aromatic carbocycles. The predicted octanol–water partition coefficient (Wildman–Crippen LogP) is 3.54. The molecule has 1 saturated carbocycles. The standard InChI is InChI=1S/C16H20INO2/c1-10(11-5-7-13(17)8-6-11)18-9-12-3-2-4-14(12)15(18)16(19)20/h5-8,10,12,14-15H,2-4,9H2,1H3,(H,19,20). The number of rotatable bonds is 3. The van der Waals surface area contributed by atoms with Crippen LogP contribution in [0.25, 0.3) is 0 Å². The Morgan fingerprint density at radius 2 is 2.05 bits per heavy atom. The van der Waals surface area contributed by atoms with Crippen molar-refractivity contribution >= 4 is 28.6 Å². The molecule has 2 fully saturated rings. The highest BCUT2D eigenvalue weighted by Crippen LogP contribution is 2.45. The van der Waals surface area contributed by atoms with E-state index in [1.165, 1.54) is 22.0 Å². The molecule has 1 saturated heterocycles. The second-order valence-corrected chi connectivity index (χ2v) is 7.31. The Morgan fingerprint density at radius 3 is 2.70 bits per heavy atom. The molecule has 0 bridgehead atoms. The summed E-state index contributed by atoms with van der Waals surface area (Å²) in [6.07, 6.45) is 3.48. The summed E-state index contributed by atoms with van der Waals surface area (Å²) < 4.78 is 1.21. The maximum atomic E-state index is 11.7. The number of halogens is 1. The lowest BCUT2D eigenvalue weighted by atomic mass is 9.94. The highest BCUT2D eigenvalue weighted by Gasteiger charge is 2.49. The van der Waals surface area contributed by atoms with E-state index >= 15 is 0 Å². The average molecular weight is 385 g/mol. The molecule has 1 aliphatic heterocycles. The molecule has 2 aliphatic rings. The van der Waals surface area contributed by atoms with Gasteiger partial charge < -0.3 is 5.11 Å². The van der Waals surface area contributed by atoms with Crippen molar-refractivity contribution in [1.29, 1.82) is 0 Å². The van der Waals surface area contributed by atoms with Gasteiger partial charge in [-0.2, -0.15) is 0 Å². The van der Waals surface area contributed by atoms with E-state index in [0.29, 0.717) is 11.8 Å². The van der Waals surface area contributed by atoms with Crippen LogP contribution < -0.4 is 0 Å². The summed E-state index contributed by atoms with van der Waals surface area (Å²) in [4.78, 5) is 13.9. The molecule has 3 rings (SSSR count). The van der Waals surface area contributed by atoms with E-state index in [4.69, 9.17) is 0 Å². The minimum atomic E-state index is -0.642. The monoisotopic (exact) mass is 385 g/mol. The fraction of sp³-hybridized carbons (Fsp3) is 0.562. The zero-order valence-electron chi connectivity index (χ0n) is 11.6. The summed E-state index contributed by atoms with van der Waals surface area (Å²) in [6, 6.07) is 8.33. The third-order valence-electron chi connectivity index (χ3n) is 5.03. The number of hydrogen-bond donors (Lipinski definition) is 1.